The normalized spacial score (nSPS) is 14.4. The van der Waals surface area contributed by atoms with Gasteiger partial charge in [0.2, 0.25) is 0 Å². The summed E-state index contributed by atoms with van der Waals surface area (Å²) in [5.74, 6) is 0.128. The Morgan fingerprint density at radius 1 is 1.05 bits per heavy atom. The van der Waals surface area contributed by atoms with Gasteiger partial charge in [-0.2, -0.15) is 0 Å². The lowest BCUT2D eigenvalue weighted by molar-refractivity contribution is 0.237. The lowest BCUT2D eigenvalue weighted by atomic mass is 9.88. The fourth-order valence-corrected chi connectivity index (χ4v) is 3.14. The molecule has 0 heterocycles. The molecule has 2 unspecified atom stereocenters. The fraction of sp³-hybridized carbons (Fsp3) is 0.938. The summed E-state index contributed by atoms with van der Waals surface area (Å²) in [7, 11) is -2.68. The first-order valence-electron chi connectivity index (χ1n) is 8.61. The highest BCUT2D eigenvalue weighted by atomic mass is 31.1. The summed E-state index contributed by atoms with van der Waals surface area (Å²) in [6, 6.07) is 0. The molecule has 6 heteroatoms. The second-order valence-corrected chi connectivity index (χ2v) is 6.59. The standard InChI is InChI=1S/C16H32NO4P/c1-4-6-8-10-12-15(13-11-9-7-5-2)16(17-18)14(3)21-22(19)20/h14-15H,4-13H2,1-3H3,(H-,18,19,20)/p+1. The van der Waals surface area contributed by atoms with Crippen molar-refractivity contribution in [1.29, 1.82) is 0 Å². The molecule has 0 aromatic rings. The van der Waals surface area contributed by atoms with Gasteiger partial charge >= 0.3 is 8.25 Å². The fourth-order valence-electron chi connectivity index (χ4n) is 2.76. The number of oxime groups is 1. The first kappa shape index (κ1) is 21.5. The van der Waals surface area contributed by atoms with Gasteiger partial charge in [-0.1, -0.05) is 70.4 Å². The van der Waals surface area contributed by atoms with Crippen LogP contribution < -0.4 is 0 Å². The average molecular weight is 334 g/mol. The molecule has 5 nitrogen and oxygen atoms in total. The molecule has 0 spiro atoms. The van der Waals surface area contributed by atoms with Gasteiger partial charge in [0.15, 0.2) is 6.10 Å². The Morgan fingerprint density at radius 2 is 1.55 bits per heavy atom. The highest BCUT2D eigenvalue weighted by molar-refractivity contribution is 7.32. The SMILES string of the molecule is CCCCCCC(CCCCCC)C(=NO)C(C)O[P+](=O)O. The summed E-state index contributed by atoms with van der Waals surface area (Å²) in [5, 5.41) is 12.7. The summed E-state index contributed by atoms with van der Waals surface area (Å²) in [6.45, 7) is 6.02. The van der Waals surface area contributed by atoms with Crippen molar-refractivity contribution in [3.8, 4) is 0 Å². The molecule has 0 saturated carbocycles. The van der Waals surface area contributed by atoms with E-state index in [1.807, 2.05) is 0 Å². The molecule has 0 aromatic carbocycles. The maximum atomic E-state index is 10.8. The van der Waals surface area contributed by atoms with Gasteiger partial charge in [-0.3, -0.25) is 0 Å². The summed E-state index contributed by atoms with van der Waals surface area (Å²) >= 11 is 0. The first-order chi connectivity index (χ1) is 10.6. The zero-order chi connectivity index (χ0) is 16.8. The van der Waals surface area contributed by atoms with Crippen LogP contribution in [0.25, 0.3) is 0 Å². The van der Waals surface area contributed by atoms with Gasteiger partial charge in [0, 0.05) is 10.5 Å². The zero-order valence-electron chi connectivity index (χ0n) is 14.3. The van der Waals surface area contributed by atoms with E-state index in [1.54, 1.807) is 6.92 Å². The Kier molecular flexibility index (Phi) is 13.8. The van der Waals surface area contributed by atoms with Gasteiger partial charge in [0.25, 0.3) is 0 Å². The van der Waals surface area contributed by atoms with Gasteiger partial charge < -0.3 is 5.21 Å². The minimum atomic E-state index is -2.68. The van der Waals surface area contributed by atoms with E-state index in [2.05, 4.69) is 19.0 Å². The molecule has 0 aliphatic rings. The van der Waals surface area contributed by atoms with Crippen LogP contribution in [0.3, 0.4) is 0 Å². The molecule has 0 bridgehead atoms. The monoisotopic (exact) mass is 334 g/mol. The predicted molar refractivity (Wildman–Crippen MR) is 90.6 cm³/mol. The minimum Gasteiger partial charge on any atom is -0.411 e. The second kappa shape index (κ2) is 14.1. The van der Waals surface area contributed by atoms with Crippen LogP contribution >= 0.6 is 8.25 Å². The van der Waals surface area contributed by atoms with E-state index < -0.39 is 14.4 Å². The van der Waals surface area contributed by atoms with Crippen LogP contribution in [-0.2, 0) is 9.09 Å². The lowest BCUT2D eigenvalue weighted by Gasteiger charge is -2.20. The summed E-state index contributed by atoms with van der Waals surface area (Å²) in [5.41, 5.74) is 0.505. The first-order valence-corrected chi connectivity index (χ1v) is 9.74. The number of rotatable bonds is 14. The average Bonchev–Trinajstić information content (AvgIpc) is 2.47. The van der Waals surface area contributed by atoms with Gasteiger partial charge in [-0.25, -0.2) is 0 Å². The van der Waals surface area contributed by atoms with Crippen molar-refractivity contribution in [3.63, 3.8) is 0 Å². The Bertz CT molecular complexity index is 311. The van der Waals surface area contributed by atoms with E-state index in [0.29, 0.717) is 5.71 Å². The molecule has 0 aliphatic heterocycles. The van der Waals surface area contributed by atoms with Crippen LogP contribution in [0.5, 0.6) is 0 Å². The van der Waals surface area contributed by atoms with E-state index in [1.165, 1.54) is 38.5 Å². The van der Waals surface area contributed by atoms with Crippen molar-refractivity contribution in [2.75, 3.05) is 0 Å². The Balaban J connectivity index is 4.58. The van der Waals surface area contributed by atoms with Crippen molar-refractivity contribution >= 4 is 14.0 Å². The van der Waals surface area contributed by atoms with Crippen molar-refractivity contribution in [2.45, 2.75) is 91.1 Å². The summed E-state index contributed by atoms with van der Waals surface area (Å²) < 4.78 is 15.8. The molecule has 22 heavy (non-hydrogen) atoms. The lowest BCUT2D eigenvalue weighted by Crippen LogP contribution is -2.27. The van der Waals surface area contributed by atoms with E-state index in [4.69, 9.17) is 9.42 Å². The second-order valence-electron chi connectivity index (χ2n) is 5.91. The van der Waals surface area contributed by atoms with Crippen LogP contribution in [0.15, 0.2) is 5.16 Å². The van der Waals surface area contributed by atoms with Crippen LogP contribution in [0.2, 0.25) is 0 Å². The highest BCUT2D eigenvalue weighted by Gasteiger charge is 2.29. The van der Waals surface area contributed by atoms with Crippen LogP contribution in [0.4, 0.5) is 0 Å². The van der Waals surface area contributed by atoms with E-state index in [9.17, 15) is 9.77 Å². The topological polar surface area (TPSA) is 79.1 Å². The molecule has 0 aromatic heterocycles. The van der Waals surface area contributed by atoms with Crippen LogP contribution in [-0.4, -0.2) is 21.9 Å². The third-order valence-corrected chi connectivity index (χ3v) is 4.51. The Hall–Kier alpha value is -0.510. The molecule has 0 amide bonds. The van der Waals surface area contributed by atoms with Crippen molar-refractivity contribution in [3.05, 3.63) is 0 Å². The van der Waals surface area contributed by atoms with E-state index in [0.717, 1.165) is 25.7 Å². The highest BCUT2D eigenvalue weighted by Crippen LogP contribution is 2.26. The quantitative estimate of drug-likeness (QED) is 0.146. The van der Waals surface area contributed by atoms with Gasteiger partial charge in [-0.15, -0.1) is 9.42 Å². The van der Waals surface area contributed by atoms with E-state index >= 15 is 0 Å². The van der Waals surface area contributed by atoms with Gasteiger partial charge in [0.05, 0.1) is 5.71 Å². The van der Waals surface area contributed by atoms with Crippen molar-refractivity contribution in [1.82, 2.24) is 0 Å². The van der Waals surface area contributed by atoms with Gasteiger partial charge in [-0.05, 0) is 19.8 Å². The number of hydrogen-bond acceptors (Lipinski definition) is 4. The van der Waals surface area contributed by atoms with Crippen LogP contribution in [0, 0.1) is 5.92 Å². The number of hydrogen-bond donors (Lipinski definition) is 2. The smallest absolute Gasteiger partial charge is 0.411 e. The summed E-state index contributed by atoms with van der Waals surface area (Å²) in [4.78, 5) is 8.89. The molecule has 0 aliphatic carbocycles. The zero-order valence-corrected chi connectivity index (χ0v) is 15.2. The van der Waals surface area contributed by atoms with Gasteiger partial charge in [0.1, 0.15) is 0 Å². The molecular formula is C16H33NO4P+. The third-order valence-electron chi connectivity index (χ3n) is 4.01. The molecule has 2 atom stereocenters. The molecule has 2 N–H and O–H groups in total. The number of nitrogens with zero attached hydrogens (tertiary/aromatic N) is 1. The molecule has 0 rings (SSSR count). The molecule has 0 radical (unpaired) electrons. The number of unbranched alkanes of at least 4 members (excludes halogenated alkanes) is 6. The molecular weight excluding hydrogens is 301 g/mol. The maximum Gasteiger partial charge on any atom is 0.695 e. The van der Waals surface area contributed by atoms with Crippen molar-refractivity contribution < 1.29 is 19.2 Å². The maximum absolute atomic E-state index is 10.8. The predicted octanol–water partition coefficient (Wildman–Crippen LogP) is 5.43. The third kappa shape index (κ3) is 10.3. The Labute approximate surface area is 136 Å². The summed E-state index contributed by atoms with van der Waals surface area (Å²) in [6.07, 6.45) is 10.6. The Morgan fingerprint density at radius 3 is 1.91 bits per heavy atom. The largest absolute Gasteiger partial charge is 0.695 e. The minimum absolute atomic E-state index is 0.128. The molecule has 0 fully saturated rings. The molecule has 130 valence electrons. The van der Waals surface area contributed by atoms with E-state index in [-0.39, 0.29) is 5.92 Å². The van der Waals surface area contributed by atoms with Crippen molar-refractivity contribution in [2.24, 2.45) is 11.1 Å². The molecule has 0 saturated heterocycles. The van der Waals surface area contributed by atoms with Crippen LogP contribution in [0.1, 0.15) is 85.0 Å².